The van der Waals surface area contributed by atoms with E-state index in [0.717, 1.165) is 69.2 Å². The first-order chi connectivity index (χ1) is 16.1. The number of amides is 1. The van der Waals surface area contributed by atoms with Gasteiger partial charge in [-0.1, -0.05) is 43.7 Å². The van der Waals surface area contributed by atoms with Crippen LogP contribution < -0.4 is 5.32 Å². The van der Waals surface area contributed by atoms with Crippen LogP contribution in [0.25, 0.3) is 0 Å². The Hall–Kier alpha value is -1.73. The number of nitrogens with one attached hydrogen (secondary N) is 1. The fourth-order valence-electron chi connectivity index (χ4n) is 5.81. The number of nitrogens with zero attached hydrogens (tertiary/aromatic N) is 1. The minimum atomic E-state index is -4.48. The van der Waals surface area contributed by atoms with Gasteiger partial charge < -0.3 is 15.3 Å². The Morgan fingerprint density at radius 3 is 2.47 bits per heavy atom. The number of hydrogen-bond acceptors (Lipinski definition) is 3. The molecule has 34 heavy (non-hydrogen) atoms. The number of benzene rings is 1. The van der Waals surface area contributed by atoms with Crippen molar-refractivity contribution < 1.29 is 23.1 Å². The van der Waals surface area contributed by atoms with E-state index >= 15 is 0 Å². The van der Waals surface area contributed by atoms with Gasteiger partial charge in [-0.05, 0) is 56.4 Å². The summed E-state index contributed by atoms with van der Waals surface area (Å²) in [6.07, 6.45) is 4.24. The number of aliphatic hydroxyl groups is 1. The topological polar surface area (TPSA) is 52.6 Å². The van der Waals surface area contributed by atoms with Gasteiger partial charge in [0, 0.05) is 41.2 Å². The molecule has 1 aliphatic heterocycles. The maximum atomic E-state index is 13.5. The van der Waals surface area contributed by atoms with Crippen molar-refractivity contribution in [1.29, 1.82) is 0 Å². The van der Waals surface area contributed by atoms with E-state index < -0.39 is 23.9 Å². The van der Waals surface area contributed by atoms with Gasteiger partial charge >= 0.3 is 6.18 Å². The second-order valence-electron chi connectivity index (χ2n) is 10.1. The lowest BCUT2D eigenvalue weighted by atomic mass is 9.85. The summed E-state index contributed by atoms with van der Waals surface area (Å²) in [7, 11) is 0. The smallest absolute Gasteiger partial charge is 0.393 e. The summed E-state index contributed by atoms with van der Waals surface area (Å²) in [6, 6.07) is 3.07. The van der Waals surface area contributed by atoms with E-state index in [4.69, 9.17) is 11.6 Å². The number of halogens is 4. The maximum Gasteiger partial charge on any atom is 0.416 e. The number of carbonyl (C=O) groups excluding carboxylic acids is 1. The van der Waals surface area contributed by atoms with E-state index in [1.807, 2.05) is 11.8 Å². The van der Waals surface area contributed by atoms with Crippen molar-refractivity contribution in [2.75, 3.05) is 6.54 Å². The lowest BCUT2D eigenvalue weighted by Crippen LogP contribution is -2.37. The molecule has 1 aromatic carbocycles. The summed E-state index contributed by atoms with van der Waals surface area (Å²) >= 11 is 6.43. The number of alkyl halides is 3. The van der Waals surface area contributed by atoms with Crippen LogP contribution in [0, 0.1) is 5.92 Å². The summed E-state index contributed by atoms with van der Waals surface area (Å²) in [4.78, 5) is 15.3. The molecule has 4 rings (SSSR count). The van der Waals surface area contributed by atoms with Crippen LogP contribution in [0.3, 0.4) is 0 Å². The molecule has 4 nitrogen and oxygen atoms in total. The highest BCUT2D eigenvalue weighted by Crippen LogP contribution is 2.44. The summed E-state index contributed by atoms with van der Waals surface area (Å²) < 4.78 is 40.5. The normalized spacial score (nSPS) is 26.8. The van der Waals surface area contributed by atoms with Crippen LogP contribution in [-0.4, -0.2) is 34.6 Å². The van der Waals surface area contributed by atoms with Gasteiger partial charge in [-0.15, -0.1) is 0 Å². The molecule has 0 bridgehead atoms. The average molecular weight is 499 g/mol. The minimum Gasteiger partial charge on any atom is -0.393 e. The third-order valence-electron chi connectivity index (χ3n) is 7.84. The molecule has 1 amide bonds. The number of carbonyl (C=O) groups is 1. The molecule has 0 radical (unpaired) electrons. The number of aliphatic hydroxyl groups excluding tert-OH is 1. The van der Waals surface area contributed by atoms with Gasteiger partial charge in [0.25, 0.3) is 0 Å². The molecule has 2 aliphatic carbocycles. The first-order valence-corrected chi connectivity index (χ1v) is 12.8. The highest BCUT2D eigenvalue weighted by atomic mass is 35.5. The molecular weight excluding hydrogens is 465 g/mol. The van der Waals surface area contributed by atoms with E-state index in [-0.39, 0.29) is 22.9 Å². The Labute approximate surface area is 204 Å². The zero-order valence-electron chi connectivity index (χ0n) is 19.6. The summed E-state index contributed by atoms with van der Waals surface area (Å²) in [5.74, 6) is -0.124. The molecule has 3 aliphatic rings. The fraction of sp³-hybridized carbons (Fsp3) is 0.654. The first-order valence-electron chi connectivity index (χ1n) is 12.5. The van der Waals surface area contributed by atoms with Crippen molar-refractivity contribution in [3.05, 3.63) is 45.6 Å². The van der Waals surface area contributed by atoms with Crippen LogP contribution in [0.15, 0.2) is 29.5 Å². The SMILES string of the molecule is CC1=C(C(=O)NC2CCCCC2)CC(c2cc(C(F)(F)F)ccc2Cl)N1C[C@H]1CCCC[C@H]1O. The molecule has 0 aromatic heterocycles. The van der Waals surface area contributed by atoms with Crippen LogP contribution in [0.4, 0.5) is 13.2 Å². The van der Waals surface area contributed by atoms with Gasteiger partial charge in [-0.2, -0.15) is 13.2 Å². The molecular formula is C26H34ClF3N2O2. The van der Waals surface area contributed by atoms with E-state index in [9.17, 15) is 23.1 Å². The largest absolute Gasteiger partial charge is 0.416 e. The molecule has 2 N–H and O–H groups in total. The molecule has 3 atom stereocenters. The lowest BCUT2D eigenvalue weighted by Gasteiger charge is -2.36. The fourth-order valence-corrected chi connectivity index (χ4v) is 6.05. The van der Waals surface area contributed by atoms with Gasteiger partial charge in [0.2, 0.25) is 5.91 Å². The van der Waals surface area contributed by atoms with Crippen LogP contribution >= 0.6 is 11.6 Å². The van der Waals surface area contributed by atoms with Gasteiger partial charge in [-0.3, -0.25) is 4.79 Å². The Balaban J connectivity index is 1.64. The first kappa shape index (κ1) is 25.4. The van der Waals surface area contributed by atoms with Crippen molar-refractivity contribution in [1.82, 2.24) is 10.2 Å². The summed E-state index contributed by atoms with van der Waals surface area (Å²) in [5, 5.41) is 14.0. The predicted octanol–water partition coefficient (Wildman–Crippen LogP) is 6.38. The van der Waals surface area contributed by atoms with Gasteiger partial charge in [-0.25, -0.2) is 0 Å². The molecule has 1 unspecified atom stereocenters. The molecule has 8 heteroatoms. The second-order valence-corrected chi connectivity index (χ2v) is 10.5. The van der Waals surface area contributed by atoms with Crippen LogP contribution in [0.2, 0.25) is 5.02 Å². The summed E-state index contributed by atoms with van der Waals surface area (Å²) in [5.41, 5.74) is 1.00. The average Bonchev–Trinajstić information content (AvgIpc) is 3.11. The Bertz CT molecular complexity index is 927. The zero-order chi connectivity index (χ0) is 24.5. The molecule has 2 saturated carbocycles. The lowest BCUT2D eigenvalue weighted by molar-refractivity contribution is -0.137. The highest BCUT2D eigenvalue weighted by molar-refractivity contribution is 6.31. The predicted molar refractivity (Wildman–Crippen MR) is 126 cm³/mol. The zero-order valence-corrected chi connectivity index (χ0v) is 20.4. The molecule has 1 heterocycles. The Morgan fingerprint density at radius 1 is 1.12 bits per heavy atom. The van der Waals surface area contributed by atoms with Crippen LogP contribution in [-0.2, 0) is 11.0 Å². The van der Waals surface area contributed by atoms with Crippen molar-refractivity contribution in [3.8, 4) is 0 Å². The van der Waals surface area contributed by atoms with Crippen LogP contribution in [0.1, 0.15) is 88.3 Å². The minimum absolute atomic E-state index is 0.0107. The van der Waals surface area contributed by atoms with E-state index in [1.54, 1.807) is 0 Å². The standard InChI is InChI=1S/C26H34ClF3N2O2/c1-16-20(25(34)31-19-8-3-2-4-9-19)14-23(32(16)15-17-7-5-6-10-24(17)33)21-13-18(26(28,29)30)11-12-22(21)27/h11-13,17,19,23-24,33H,2-10,14-15H2,1H3,(H,31,34)/t17-,23?,24-/m1/s1. The third kappa shape index (κ3) is 5.56. The Morgan fingerprint density at radius 2 is 1.79 bits per heavy atom. The molecule has 1 aromatic rings. The third-order valence-corrected chi connectivity index (χ3v) is 8.18. The van der Waals surface area contributed by atoms with Gasteiger partial charge in [0.05, 0.1) is 17.7 Å². The highest BCUT2D eigenvalue weighted by Gasteiger charge is 2.39. The van der Waals surface area contributed by atoms with Gasteiger partial charge in [0.15, 0.2) is 0 Å². The molecule has 0 spiro atoms. The number of hydrogen-bond donors (Lipinski definition) is 2. The molecule has 188 valence electrons. The van der Waals surface area contributed by atoms with Crippen molar-refractivity contribution in [2.24, 2.45) is 5.92 Å². The van der Waals surface area contributed by atoms with E-state index in [1.165, 1.54) is 12.5 Å². The van der Waals surface area contributed by atoms with Gasteiger partial charge in [0.1, 0.15) is 0 Å². The molecule has 2 fully saturated rings. The van der Waals surface area contributed by atoms with Crippen molar-refractivity contribution >= 4 is 17.5 Å². The Kier molecular flexibility index (Phi) is 7.82. The summed E-state index contributed by atoms with van der Waals surface area (Å²) in [6.45, 7) is 2.36. The van der Waals surface area contributed by atoms with E-state index in [2.05, 4.69) is 5.32 Å². The second kappa shape index (κ2) is 10.5. The van der Waals surface area contributed by atoms with Crippen LogP contribution in [0.5, 0.6) is 0 Å². The quantitative estimate of drug-likeness (QED) is 0.495. The number of rotatable bonds is 5. The maximum absolute atomic E-state index is 13.5. The monoisotopic (exact) mass is 498 g/mol. The molecule has 0 saturated heterocycles. The van der Waals surface area contributed by atoms with Crippen molar-refractivity contribution in [3.63, 3.8) is 0 Å². The van der Waals surface area contributed by atoms with Crippen molar-refractivity contribution in [2.45, 2.75) is 95.5 Å². The number of allylic oxidation sites excluding steroid dienone is 1. The van der Waals surface area contributed by atoms with E-state index in [0.29, 0.717) is 24.1 Å².